The summed E-state index contributed by atoms with van der Waals surface area (Å²) in [5.74, 6) is 0. The van der Waals surface area contributed by atoms with E-state index < -0.39 is 15.4 Å². The molecule has 0 amide bonds. The molecule has 1 aromatic rings. The number of nitro benzene ring substituents is 1. The number of nitro groups is 1. The molecule has 0 saturated carbocycles. The molecule has 6 heteroatoms. The number of carbonyl (C=O) groups is 1. The highest BCUT2D eigenvalue weighted by Crippen LogP contribution is 2.15. The van der Waals surface area contributed by atoms with Crippen molar-refractivity contribution in [3.8, 4) is 0 Å². The van der Waals surface area contributed by atoms with Crippen LogP contribution in [0.15, 0.2) is 24.3 Å². The molecule has 0 heterocycles. The van der Waals surface area contributed by atoms with Gasteiger partial charge >= 0.3 is 0 Å². The average molecular weight is 246 g/mol. The van der Waals surface area contributed by atoms with Crippen LogP contribution < -0.4 is 0 Å². The first-order valence-electron chi connectivity index (χ1n) is 4.11. The lowest BCUT2D eigenvalue weighted by molar-refractivity contribution is -0.384. The van der Waals surface area contributed by atoms with Gasteiger partial charge in [-0.3, -0.25) is 14.9 Å². The summed E-state index contributed by atoms with van der Waals surface area (Å²) in [4.78, 5) is 20.6. The lowest BCUT2D eigenvalue weighted by Crippen LogP contribution is -2.11. The fourth-order valence-electron chi connectivity index (χ4n) is 1.06. The van der Waals surface area contributed by atoms with E-state index in [1.54, 1.807) is 12.1 Å². The van der Waals surface area contributed by atoms with Gasteiger partial charge in [-0.15, -0.1) is 0 Å². The SMILES string of the molecule is O=C(Cl)C(S)Cc1ccc([N+](=O)[O-])cc1. The Balaban J connectivity index is 2.72. The summed E-state index contributed by atoms with van der Waals surface area (Å²) < 4.78 is 0. The van der Waals surface area contributed by atoms with Crippen molar-refractivity contribution in [3.05, 3.63) is 39.9 Å². The van der Waals surface area contributed by atoms with Crippen molar-refractivity contribution in [2.24, 2.45) is 0 Å². The molecule has 0 radical (unpaired) electrons. The first kappa shape index (κ1) is 12.0. The second-order valence-electron chi connectivity index (χ2n) is 2.95. The quantitative estimate of drug-likeness (QED) is 0.383. The second kappa shape index (κ2) is 5.14. The van der Waals surface area contributed by atoms with Crippen LogP contribution in [0.2, 0.25) is 0 Å². The third-order valence-corrected chi connectivity index (χ3v) is 2.67. The molecule has 1 atom stereocenters. The molecule has 1 unspecified atom stereocenters. The van der Waals surface area contributed by atoms with Gasteiger partial charge in [-0.05, 0) is 23.6 Å². The van der Waals surface area contributed by atoms with E-state index >= 15 is 0 Å². The van der Waals surface area contributed by atoms with Crippen molar-refractivity contribution < 1.29 is 9.72 Å². The number of hydrogen-bond acceptors (Lipinski definition) is 4. The second-order valence-corrected chi connectivity index (χ2v) is 3.94. The van der Waals surface area contributed by atoms with Crippen LogP contribution in [0, 0.1) is 10.1 Å². The fraction of sp³-hybridized carbons (Fsp3) is 0.222. The van der Waals surface area contributed by atoms with Crippen LogP contribution in [0.25, 0.3) is 0 Å². The molecule has 4 nitrogen and oxygen atoms in total. The van der Waals surface area contributed by atoms with Crippen LogP contribution in [-0.2, 0) is 11.2 Å². The molecule has 15 heavy (non-hydrogen) atoms. The Morgan fingerprint density at radius 3 is 2.40 bits per heavy atom. The van der Waals surface area contributed by atoms with Gasteiger partial charge in [-0.2, -0.15) is 12.6 Å². The Kier molecular flexibility index (Phi) is 4.11. The van der Waals surface area contributed by atoms with Gasteiger partial charge in [0, 0.05) is 12.1 Å². The molecular formula is C9H8ClNO3S. The van der Waals surface area contributed by atoms with Gasteiger partial charge in [0.15, 0.2) is 0 Å². The summed E-state index contributed by atoms with van der Waals surface area (Å²) in [6.45, 7) is 0. The molecular weight excluding hydrogens is 238 g/mol. The Morgan fingerprint density at radius 1 is 1.47 bits per heavy atom. The monoisotopic (exact) mass is 245 g/mol. The Morgan fingerprint density at radius 2 is 2.00 bits per heavy atom. The lowest BCUT2D eigenvalue weighted by atomic mass is 10.1. The zero-order chi connectivity index (χ0) is 11.4. The maximum Gasteiger partial charge on any atom is 0.269 e. The van der Waals surface area contributed by atoms with E-state index in [0.29, 0.717) is 6.42 Å². The molecule has 0 aliphatic carbocycles. The molecule has 0 bridgehead atoms. The number of thiol groups is 1. The van der Waals surface area contributed by atoms with E-state index in [-0.39, 0.29) is 5.69 Å². The summed E-state index contributed by atoms with van der Waals surface area (Å²) in [5.41, 5.74) is 0.807. The highest BCUT2D eigenvalue weighted by atomic mass is 35.5. The first-order valence-corrected chi connectivity index (χ1v) is 5.01. The third kappa shape index (κ3) is 3.53. The Labute approximate surface area is 96.8 Å². The smallest absolute Gasteiger partial charge is 0.269 e. The van der Waals surface area contributed by atoms with Gasteiger partial charge < -0.3 is 0 Å². The van der Waals surface area contributed by atoms with Gasteiger partial charge in [0.1, 0.15) is 0 Å². The molecule has 0 N–H and O–H groups in total. The van der Waals surface area contributed by atoms with Crippen LogP contribution >= 0.6 is 24.2 Å². The van der Waals surface area contributed by atoms with Crippen molar-refractivity contribution >= 4 is 35.2 Å². The molecule has 0 spiro atoms. The van der Waals surface area contributed by atoms with Gasteiger partial charge in [-0.1, -0.05) is 12.1 Å². The molecule has 0 fully saturated rings. The lowest BCUT2D eigenvalue weighted by Gasteiger charge is -2.04. The molecule has 80 valence electrons. The van der Waals surface area contributed by atoms with E-state index in [1.165, 1.54) is 12.1 Å². The summed E-state index contributed by atoms with van der Waals surface area (Å²) in [5, 5.41) is 9.25. The van der Waals surface area contributed by atoms with Crippen LogP contribution in [0.5, 0.6) is 0 Å². The largest absolute Gasteiger partial charge is 0.280 e. The number of halogens is 1. The number of hydrogen-bond donors (Lipinski definition) is 1. The van der Waals surface area contributed by atoms with Gasteiger partial charge in [0.05, 0.1) is 10.2 Å². The number of carbonyl (C=O) groups excluding carboxylic acids is 1. The fourth-order valence-corrected chi connectivity index (χ4v) is 1.35. The van der Waals surface area contributed by atoms with Crippen LogP contribution in [0.4, 0.5) is 5.69 Å². The van der Waals surface area contributed by atoms with Gasteiger partial charge in [0.2, 0.25) is 5.24 Å². The van der Waals surface area contributed by atoms with E-state index in [4.69, 9.17) is 11.6 Å². The predicted molar refractivity (Wildman–Crippen MR) is 60.4 cm³/mol. The maximum atomic E-state index is 10.7. The summed E-state index contributed by atoms with van der Waals surface area (Å²) >= 11 is 9.22. The number of rotatable bonds is 4. The molecule has 0 saturated heterocycles. The normalized spacial score (nSPS) is 12.1. The number of benzene rings is 1. The topological polar surface area (TPSA) is 60.2 Å². The minimum absolute atomic E-state index is 0.0201. The van der Waals surface area contributed by atoms with Gasteiger partial charge in [-0.25, -0.2) is 0 Å². The highest BCUT2D eigenvalue weighted by molar-refractivity contribution is 7.82. The standard InChI is InChI=1S/C9H8ClNO3S/c10-9(12)8(15)5-6-1-3-7(4-2-6)11(13)14/h1-4,8,15H,5H2. The Bertz CT molecular complexity index is 379. The van der Waals surface area contributed by atoms with Crippen molar-refractivity contribution in [1.29, 1.82) is 0 Å². The zero-order valence-electron chi connectivity index (χ0n) is 7.59. The molecule has 1 rings (SSSR count). The Hall–Kier alpha value is -1.07. The van der Waals surface area contributed by atoms with Crippen LogP contribution in [0.1, 0.15) is 5.56 Å². The van der Waals surface area contributed by atoms with E-state index in [1.807, 2.05) is 0 Å². The van der Waals surface area contributed by atoms with E-state index in [0.717, 1.165) is 5.56 Å². The van der Waals surface area contributed by atoms with Crippen molar-refractivity contribution in [3.63, 3.8) is 0 Å². The third-order valence-electron chi connectivity index (χ3n) is 1.84. The number of non-ortho nitro benzene ring substituents is 1. The van der Waals surface area contributed by atoms with Crippen LogP contribution in [0.3, 0.4) is 0 Å². The number of nitrogens with zero attached hydrogens (tertiary/aromatic N) is 1. The van der Waals surface area contributed by atoms with Crippen molar-refractivity contribution in [2.75, 3.05) is 0 Å². The van der Waals surface area contributed by atoms with Crippen LogP contribution in [-0.4, -0.2) is 15.4 Å². The maximum absolute atomic E-state index is 10.7. The minimum Gasteiger partial charge on any atom is -0.280 e. The molecule has 0 aliphatic heterocycles. The summed E-state index contributed by atoms with van der Waals surface area (Å²) in [6, 6.07) is 5.94. The zero-order valence-corrected chi connectivity index (χ0v) is 9.24. The van der Waals surface area contributed by atoms with Crippen molar-refractivity contribution in [2.45, 2.75) is 11.7 Å². The van der Waals surface area contributed by atoms with E-state index in [9.17, 15) is 14.9 Å². The highest BCUT2D eigenvalue weighted by Gasteiger charge is 2.12. The van der Waals surface area contributed by atoms with Gasteiger partial charge in [0.25, 0.3) is 5.69 Å². The predicted octanol–water partition coefficient (Wildman–Crippen LogP) is 2.20. The summed E-state index contributed by atoms with van der Waals surface area (Å²) in [6.07, 6.45) is 0.365. The van der Waals surface area contributed by atoms with Crippen molar-refractivity contribution in [1.82, 2.24) is 0 Å². The molecule has 0 aromatic heterocycles. The summed E-state index contributed by atoms with van der Waals surface area (Å²) in [7, 11) is 0. The minimum atomic E-state index is -0.576. The molecule has 1 aromatic carbocycles. The van der Waals surface area contributed by atoms with E-state index in [2.05, 4.69) is 12.6 Å². The molecule has 0 aliphatic rings. The first-order chi connectivity index (χ1) is 7.00. The average Bonchev–Trinajstić information content (AvgIpc) is 2.18.